The van der Waals surface area contributed by atoms with Crippen LogP contribution in [0.3, 0.4) is 0 Å². The first kappa shape index (κ1) is 11.5. The summed E-state index contributed by atoms with van der Waals surface area (Å²) in [5, 5.41) is 0.976. The Labute approximate surface area is 100.0 Å². The summed E-state index contributed by atoms with van der Waals surface area (Å²) in [7, 11) is 1.60. The lowest BCUT2D eigenvalue weighted by molar-refractivity contribution is -0.108. The molecule has 90 valence electrons. The average molecular weight is 232 g/mol. The number of hydrogen-bond donors (Lipinski definition) is 1. The Kier molecular flexibility index (Phi) is 2.79. The van der Waals surface area contributed by atoms with Gasteiger partial charge in [-0.25, -0.2) is 0 Å². The SMILES string of the molecule is COc1ccc2c(c(C)c(C)n2CC=O)c1N. The largest absolute Gasteiger partial charge is 0.495 e. The molecule has 1 aromatic heterocycles. The Morgan fingerprint density at radius 2 is 2.12 bits per heavy atom. The fraction of sp³-hybridized carbons (Fsp3) is 0.308. The van der Waals surface area contributed by atoms with Gasteiger partial charge in [0, 0.05) is 11.1 Å². The summed E-state index contributed by atoms with van der Waals surface area (Å²) in [6.45, 7) is 4.35. The molecule has 0 atom stereocenters. The van der Waals surface area contributed by atoms with Gasteiger partial charge in [0.1, 0.15) is 12.0 Å². The van der Waals surface area contributed by atoms with Crippen LogP contribution in [0.4, 0.5) is 5.69 Å². The number of nitrogens with two attached hydrogens (primary N) is 1. The average Bonchev–Trinajstić information content (AvgIpc) is 2.56. The van der Waals surface area contributed by atoms with Gasteiger partial charge in [0.05, 0.1) is 24.9 Å². The Morgan fingerprint density at radius 3 is 2.71 bits per heavy atom. The van der Waals surface area contributed by atoms with Crippen LogP contribution in [0, 0.1) is 13.8 Å². The fourth-order valence-corrected chi connectivity index (χ4v) is 2.26. The molecular formula is C13H16N2O2. The number of aryl methyl sites for hydroxylation is 1. The number of fused-ring (bicyclic) bond motifs is 1. The topological polar surface area (TPSA) is 57.2 Å². The van der Waals surface area contributed by atoms with E-state index in [1.807, 2.05) is 30.5 Å². The van der Waals surface area contributed by atoms with Gasteiger partial charge in [0.2, 0.25) is 0 Å². The van der Waals surface area contributed by atoms with Crippen molar-refractivity contribution in [1.29, 1.82) is 0 Å². The van der Waals surface area contributed by atoms with Crippen molar-refractivity contribution in [2.75, 3.05) is 12.8 Å². The molecule has 17 heavy (non-hydrogen) atoms. The summed E-state index contributed by atoms with van der Waals surface area (Å²) in [5.41, 5.74) is 9.85. The zero-order valence-electron chi connectivity index (χ0n) is 10.3. The van der Waals surface area contributed by atoms with Crippen LogP contribution >= 0.6 is 0 Å². The van der Waals surface area contributed by atoms with Crippen LogP contribution in [0.15, 0.2) is 12.1 Å². The zero-order chi connectivity index (χ0) is 12.6. The minimum Gasteiger partial charge on any atom is -0.495 e. The van der Waals surface area contributed by atoms with Gasteiger partial charge in [0.15, 0.2) is 0 Å². The second kappa shape index (κ2) is 4.13. The highest BCUT2D eigenvalue weighted by molar-refractivity contribution is 5.98. The number of benzene rings is 1. The molecule has 0 saturated carbocycles. The van der Waals surface area contributed by atoms with Crippen molar-refractivity contribution in [3.63, 3.8) is 0 Å². The summed E-state index contributed by atoms with van der Waals surface area (Å²) in [6, 6.07) is 3.77. The van der Waals surface area contributed by atoms with Crippen molar-refractivity contribution in [2.45, 2.75) is 20.4 Å². The molecule has 4 nitrogen and oxygen atoms in total. The smallest absolute Gasteiger partial charge is 0.142 e. The summed E-state index contributed by atoms with van der Waals surface area (Å²) in [5.74, 6) is 0.670. The molecule has 0 aliphatic heterocycles. The summed E-state index contributed by atoms with van der Waals surface area (Å²) in [4.78, 5) is 10.7. The molecular weight excluding hydrogens is 216 g/mol. The molecule has 0 fully saturated rings. The molecule has 0 aliphatic carbocycles. The number of anilines is 1. The molecule has 0 bridgehead atoms. The van der Waals surface area contributed by atoms with Crippen molar-refractivity contribution >= 4 is 22.9 Å². The number of nitrogen functional groups attached to an aromatic ring is 1. The Balaban J connectivity index is 2.84. The van der Waals surface area contributed by atoms with Crippen LogP contribution in [0.5, 0.6) is 5.75 Å². The summed E-state index contributed by atoms with van der Waals surface area (Å²) >= 11 is 0. The van der Waals surface area contributed by atoms with Gasteiger partial charge >= 0.3 is 0 Å². The third-order valence-electron chi connectivity index (χ3n) is 3.27. The van der Waals surface area contributed by atoms with Crippen molar-refractivity contribution in [3.8, 4) is 5.75 Å². The predicted molar refractivity (Wildman–Crippen MR) is 68.4 cm³/mol. The van der Waals surface area contributed by atoms with Gasteiger partial charge < -0.3 is 19.8 Å². The first-order valence-electron chi connectivity index (χ1n) is 5.47. The summed E-state index contributed by atoms with van der Waals surface area (Å²) < 4.78 is 7.18. The lowest BCUT2D eigenvalue weighted by atomic mass is 10.1. The van der Waals surface area contributed by atoms with Gasteiger partial charge in [0.25, 0.3) is 0 Å². The van der Waals surface area contributed by atoms with E-state index in [1.165, 1.54) is 0 Å². The Morgan fingerprint density at radius 1 is 1.41 bits per heavy atom. The molecule has 2 aromatic rings. The second-order valence-corrected chi connectivity index (χ2v) is 4.06. The van der Waals surface area contributed by atoms with Crippen LogP contribution in [0.25, 0.3) is 10.9 Å². The zero-order valence-corrected chi connectivity index (χ0v) is 10.3. The molecule has 0 spiro atoms. The van der Waals surface area contributed by atoms with Gasteiger partial charge in [-0.1, -0.05) is 0 Å². The van der Waals surface area contributed by atoms with Crippen LogP contribution in [0.2, 0.25) is 0 Å². The van der Waals surface area contributed by atoms with E-state index in [-0.39, 0.29) is 0 Å². The maximum atomic E-state index is 10.7. The van der Waals surface area contributed by atoms with Crippen LogP contribution in [0.1, 0.15) is 11.3 Å². The first-order valence-corrected chi connectivity index (χ1v) is 5.47. The normalized spacial score (nSPS) is 10.8. The molecule has 0 radical (unpaired) electrons. The van der Waals surface area contributed by atoms with Crippen LogP contribution in [-0.4, -0.2) is 18.0 Å². The number of hydrogen-bond acceptors (Lipinski definition) is 3. The van der Waals surface area contributed by atoms with Crippen molar-refractivity contribution in [1.82, 2.24) is 4.57 Å². The van der Waals surface area contributed by atoms with Crippen LogP contribution < -0.4 is 10.5 Å². The quantitative estimate of drug-likeness (QED) is 0.651. The van der Waals surface area contributed by atoms with Gasteiger partial charge in [-0.05, 0) is 31.5 Å². The first-order chi connectivity index (χ1) is 8.11. The Bertz CT molecular complexity index is 585. The Hall–Kier alpha value is -1.97. The lowest BCUT2D eigenvalue weighted by Gasteiger charge is -2.07. The molecule has 0 saturated heterocycles. The van der Waals surface area contributed by atoms with E-state index in [4.69, 9.17) is 10.5 Å². The predicted octanol–water partition coefficient (Wildman–Crippen LogP) is 2.05. The summed E-state index contributed by atoms with van der Waals surface area (Å²) in [6.07, 6.45) is 0.895. The standard InChI is InChI=1S/C13H16N2O2/c1-8-9(2)15(6-7-16)10-4-5-11(17-3)13(14)12(8)10/h4-5,7H,6,14H2,1-3H3. The minimum absolute atomic E-state index is 0.349. The number of ether oxygens (including phenoxy) is 1. The molecule has 0 unspecified atom stereocenters. The second-order valence-electron chi connectivity index (χ2n) is 4.06. The van der Waals surface area contributed by atoms with E-state index < -0.39 is 0 Å². The number of carbonyl (C=O) groups is 1. The number of aromatic nitrogens is 1. The highest BCUT2D eigenvalue weighted by Gasteiger charge is 2.15. The molecule has 1 aromatic carbocycles. The molecule has 0 aliphatic rings. The van der Waals surface area contributed by atoms with Gasteiger partial charge in [-0.15, -0.1) is 0 Å². The molecule has 1 heterocycles. The third kappa shape index (κ3) is 1.56. The van der Waals surface area contributed by atoms with Crippen molar-refractivity contribution in [2.24, 2.45) is 0 Å². The number of rotatable bonds is 3. The molecule has 0 amide bonds. The van der Waals surface area contributed by atoms with E-state index in [1.54, 1.807) is 7.11 Å². The van der Waals surface area contributed by atoms with Gasteiger partial charge in [-0.3, -0.25) is 0 Å². The number of nitrogens with zero attached hydrogens (tertiary/aromatic N) is 1. The maximum absolute atomic E-state index is 10.7. The minimum atomic E-state index is 0.349. The highest BCUT2D eigenvalue weighted by atomic mass is 16.5. The van der Waals surface area contributed by atoms with Crippen LogP contribution in [-0.2, 0) is 11.3 Å². The van der Waals surface area contributed by atoms with E-state index in [2.05, 4.69) is 0 Å². The molecule has 4 heteroatoms. The maximum Gasteiger partial charge on any atom is 0.142 e. The third-order valence-corrected chi connectivity index (χ3v) is 3.27. The monoisotopic (exact) mass is 232 g/mol. The number of methoxy groups -OCH3 is 1. The van der Waals surface area contributed by atoms with E-state index in [9.17, 15) is 4.79 Å². The van der Waals surface area contributed by atoms with Crippen molar-refractivity contribution in [3.05, 3.63) is 23.4 Å². The fourth-order valence-electron chi connectivity index (χ4n) is 2.26. The van der Waals surface area contributed by atoms with Crippen molar-refractivity contribution < 1.29 is 9.53 Å². The molecule has 2 rings (SSSR count). The lowest BCUT2D eigenvalue weighted by Crippen LogP contribution is -2.01. The van der Waals surface area contributed by atoms with E-state index in [0.717, 1.165) is 28.4 Å². The van der Waals surface area contributed by atoms with E-state index >= 15 is 0 Å². The highest BCUT2D eigenvalue weighted by Crippen LogP contribution is 2.35. The molecule has 2 N–H and O–H groups in total. The van der Waals surface area contributed by atoms with E-state index in [0.29, 0.717) is 18.0 Å². The van der Waals surface area contributed by atoms with Gasteiger partial charge in [-0.2, -0.15) is 0 Å². The number of aldehydes is 1. The number of carbonyl (C=O) groups excluding carboxylic acids is 1.